The van der Waals surface area contributed by atoms with Gasteiger partial charge in [0, 0.05) is 6.54 Å². The van der Waals surface area contributed by atoms with E-state index in [-0.39, 0.29) is 18.4 Å². The molecule has 4 nitrogen and oxygen atoms in total. The second kappa shape index (κ2) is 7.65. The van der Waals surface area contributed by atoms with Crippen LogP contribution in [0.2, 0.25) is 0 Å². The predicted molar refractivity (Wildman–Crippen MR) is 61.4 cm³/mol. The Morgan fingerprint density at radius 1 is 1.47 bits per heavy atom. The van der Waals surface area contributed by atoms with Crippen molar-refractivity contribution in [1.82, 2.24) is 5.32 Å². The van der Waals surface area contributed by atoms with Crippen LogP contribution in [0.5, 0.6) is 0 Å². The van der Waals surface area contributed by atoms with Crippen molar-refractivity contribution in [2.24, 2.45) is 11.7 Å². The first-order valence-corrected chi connectivity index (χ1v) is 5.70. The van der Waals surface area contributed by atoms with Crippen molar-refractivity contribution >= 4 is 5.91 Å². The average Bonchev–Trinajstić information content (AvgIpc) is 2.21. The van der Waals surface area contributed by atoms with Gasteiger partial charge in [-0.2, -0.15) is 0 Å². The topological polar surface area (TPSA) is 75.4 Å². The molecule has 0 aliphatic carbocycles. The lowest BCUT2D eigenvalue weighted by Crippen LogP contribution is -2.44. The number of carbonyl (C=O) groups is 1. The molecule has 0 heterocycles. The molecule has 0 fully saturated rings. The zero-order chi connectivity index (χ0) is 11.8. The number of aliphatic hydroxyl groups excluding tert-OH is 1. The molecule has 1 unspecified atom stereocenters. The number of carbonyl (C=O) groups excluding carboxylic acids is 1. The summed E-state index contributed by atoms with van der Waals surface area (Å²) in [7, 11) is 0. The molecule has 1 amide bonds. The van der Waals surface area contributed by atoms with Crippen LogP contribution < -0.4 is 11.1 Å². The minimum Gasteiger partial charge on any atom is -0.391 e. The first-order valence-electron chi connectivity index (χ1n) is 5.70. The molecular formula is C11H24N2O2. The molecule has 90 valence electrons. The quantitative estimate of drug-likeness (QED) is 0.584. The molecule has 4 heteroatoms. The van der Waals surface area contributed by atoms with E-state index in [1.165, 1.54) is 0 Å². The van der Waals surface area contributed by atoms with Crippen molar-refractivity contribution in [1.29, 1.82) is 0 Å². The molecule has 0 aromatic heterocycles. The van der Waals surface area contributed by atoms with E-state index in [2.05, 4.69) is 12.2 Å². The van der Waals surface area contributed by atoms with Crippen LogP contribution in [0, 0.1) is 5.92 Å². The Morgan fingerprint density at radius 2 is 2.07 bits per heavy atom. The lowest BCUT2D eigenvalue weighted by atomic mass is 10.1. The Bertz CT molecular complexity index is 183. The maximum absolute atomic E-state index is 11.4. The molecule has 4 N–H and O–H groups in total. The Balaban J connectivity index is 3.73. The average molecular weight is 216 g/mol. The zero-order valence-corrected chi connectivity index (χ0v) is 9.99. The fraction of sp³-hybridized carbons (Fsp3) is 0.909. The monoisotopic (exact) mass is 216 g/mol. The van der Waals surface area contributed by atoms with Crippen LogP contribution in [0.4, 0.5) is 0 Å². The molecule has 15 heavy (non-hydrogen) atoms. The summed E-state index contributed by atoms with van der Waals surface area (Å²) >= 11 is 0. The molecule has 0 radical (unpaired) electrons. The number of hydrogen-bond acceptors (Lipinski definition) is 3. The number of amides is 1. The van der Waals surface area contributed by atoms with Crippen LogP contribution in [0.1, 0.15) is 40.0 Å². The second-order valence-corrected chi connectivity index (χ2v) is 4.31. The highest BCUT2D eigenvalue weighted by molar-refractivity contribution is 5.81. The Morgan fingerprint density at radius 3 is 2.53 bits per heavy atom. The third kappa shape index (κ3) is 6.47. The van der Waals surface area contributed by atoms with Crippen LogP contribution in [0.15, 0.2) is 0 Å². The van der Waals surface area contributed by atoms with Crippen molar-refractivity contribution < 1.29 is 9.90 Å². The summed E-state index contributed by atoms with van der Waals surface area (Å²) in [5, 5.41) is 12.1. The summed E-state index contributed by atoms with van der Waals surface area (Å²) in [6.45, 7) is 6.17. The number of nitrogens with two attached hydrogens (primary N) is 1. The molecule has 0 aromatic carbocycles. The van der Waals surface area contributed by atoms with Crippen LogP contribution in [0.3, 0.4) is 0 Å². The molecule has 0 bridgehead atoms. The summed E-state index contributed by atoms with van der Waals surface area (Å²) in [4.78, 5) is 11.4. The molecule has 0 rings (SSSR count). The minimum atomic E-state index is -0.493. The number of hydrogen-bond donors (Lipinski definition) is 3. The van der Waals surface area contributed by atoms with Crippen molar-refractivity contribution in [2.75, 3.05) is 6.54 Å². The van der Waals surface area contributed by atoms with Crippen molar-refractivity contribution in [2.45, 2.75) is 52.2 Å². The predicted octanol–water partition coefficient (Wildman–Crippen LogP) is 0.637. The van der Waals surface area contributed by atoms with E-state index >= 15 is 0 Å². The van der Waals surface area contributed by atoms with E-state index in [4.69, 9.17) is 5.73 Å². The number of rotatable bonds is 7. The van der Waals surface area contributed by atoms with Gasteiger partial charge in [0.15, 0.2) is 0 Å². The molecular weight excluding hydrogens is 192 g/mol. The fourth-order valence-electron chi connectivity index (χ4n) is 1.13. The van der Waals surface area contributed by atoms with Gasteiger partial charge in [0.05, 0.1) is 12.1 Å². The summed E-state index contributed by atoms with van der Waals surface area (Å²) in [5.74, 6) is -0.0136. The Kier molecular flexibility index (Phi) is 7.34. The standard InChI is InChI=1S/C11H24N2O2/c1-4-5-6-9(12)11(15)13-7-10(14)8(2)3/h8-10,14H,4-7,12H2,1-3H3,(H,13,15)/t9-,10?/m0/s1. The molecule has 0 aliphatic rings. The van der Waals surface area contributed by atoms with Crippen LogP contribution in [0.25, 0.3) is 0 Å². The highest BCUT2D eigenvalue weighted by Gasteiger charge is 2.15. The Labute approximate surface area is 92.2 Å². The highest BCUT2D eigenvalue weighted by atomic mass is 16.3. The van der Waals surface area contributed by atoms with Gasteiger partial charge in [-0.05, 0) is 12.3 Å². The molecule has 0 spiro atoms. The lowest BCUT2D eigenvalue weighted by molar-refractivity contribution is -0.123. The molecule has 0 aromatic rings. The molecule has 0 saturated carbocycles. The van der Waals surface area contributed by atoms with Crippen LogP contribution in [-0.2, 0) is 4.79 Å². The van der Waals surface area contributed by atoms with Gasteiger partial charge >= 0.3 is 0 Å². The van der Waals surface area contributed by atoms with Gasteiger partial charge < -0.3 is 16.2 Å². The summed E-state index contributed by atoms with van der Waals surface area (Å²) < 4.78 is 0. The smallest absolute Gasteiger partial charge is 0.237 e. The normalized spacial score (nSPS) is 15.1. The molecule has 2 atom stereocenters. The van der Waals surface area contributed by atoms with Gasteiger partial charge in [-0.3, -0.25) is 4.79 Å². The van der Waals surface area contributed by atoms with Crippen molar-refractivity contribution in [3.63, 3.8) is 0 Å². The van der Waals surface area contributed by atoms with E-state index in [0.717, 1.165) is 12.8 Å². The lowest BCUT2D eigenvalue weighted by Gasteiger charge is -2.17. The van der Waals surface area contributed by atoms with Gasteiger partial charge in [-0.15, -0.1) is 0 Å². The van der Waals surface area contributed by atoms with E-state index in [9.17, 15) is 9.90 Å². The largest absolute Gasteiger partial charge is 0.391 e. The van der Waals surface area contributed by atoms with Gasteiger partial charge in [0.1, 0.15) is 0 Å². The van der Waals surface area contributed by atoms with Gasteiger partial charge in [-0.1, -0.05) is 33.6 Å². The molecule has 0 aliphatic heterocycles. The van der Waals surface area contributed by atoms with Gasteiger partial charge in [0.2, 0.25) is 5.91 Å². The highest BCUT2D eigenvalue weighted by Crippen LogP contribution is 2.00. The summed E-state index contributed by atoms with van der Waals surface area (Å²) in [5.41, 5.74) is 5.67. The molecule has 0 saturated heterocycles. The minimum absolute atomic E-state index is 0.150. The van der Waals surface area contributed by atoms with E-state index in [1.54, 1.807) is 0 Å². The third-order valence-corrected chi connectivity index (χ3v) is 2.46. The number of aliphatic hydroxyl groups is 1. The van der Waals surface area contributed by atoms with Crippen LogP contribution in [-0.4, -0.2) is 29.7 Å². The van der Waals surface area contributed by atoms with Gasteiger partial charge in [-0.25, -0.2) is 0 Å². The first-order chi connectivity index (χ1) is 6.99. The van der Waals surface area contributed by atoms with E-state index in [1.807, 2.05) is 13.8 Å². The fourth-order valence-corrected chi connectivity index (χ4v) is 1.13. The SMILES string of the molecule is CCCC[C@H](N)C(=O)NCC(O)C(C)C. The van der Waals surface area contributed by atoms with Gasteiger partial charge in [0.25, 0.3) is 0 Å². The zero-order valence-electron chi connectivity index (χ0n) is 9.99. The summed E-state index contributed by atoms with van der Waals surface area (Å²) in [6.07, 6.45) is 2.21. The third-order valence-electron chi connectivity index (χ3n) is 2.46. The van der Waals surface area contributed by atoms with E-state index < -0.39 is 12.1 Å². The van der Waals surface area contributed by atoms with Crippen LogP contribution >= 0.6 is 0 Å². The first kappa shape index (κ1) is 14.4. The van der Waals surface area contributed by atoms with E-state index in [0.29, 0.717) is 6.42 Å². The van der Waals surface area contributed by atoms with Crippen molar-refractivity contribution in [3.05, 3.63) is 0 Å². The summed E-state index contributed by atoms with van der Waals surface area (Å²) in [6, 6.07) is -0.440. The maximum Gasteiger partial charge on any atom is 0.237 e. The van der Waals surface area contributed by atoms with Crippen molar-refractivity contribution in [3.8, 4) is 0 Å². The number of unbranched alkanes of at least 4 members (excludes halogenated alkanes) is 1. The number of nitrogens with one attached hydrogen (secondary N) is 1. The second-order valence-electron chi connectivity index (χ2n) is 4.31. The Hall–Kier alpha value is -0.610. The maximum atomic E-state index is 11.4.